The van der Waals surface area contributed by atoms with Gasteiger partial charge >= 0.3 is 0 Å². The average Bonchev–Trinajstić information content (AvgIpc) is 2.41. The summed E-state index contributed by atoms with van der Waals surface area (Å²) >= 11 is 5.82. The number of ether oxygens (including phenoxy) is 1. The SMILES string of the molecule is CC1CN(CCCOc2ccc(Cl)cc2)CCC1O. The van der Waals surface area contributed by atoms with E-state index in [1.807, 2.05) is 24.3 Å². The van der Waals surface area contributed by atoms with E-state index in [0.29, 0.717) is 5.92 Å². The van der Waals surface area contributed by atoms with Crippen LogP contribution in [0.2, 0.25) is 5.02 Å². The van der Waals surface area contributed by atoms with Crippen LogP contribution >= 0.6 is 11.6 Å². The Hall–Kier alpha value is -0.770. The molecule has 4 heteroatoms. The maximum Gasteiger partial charge on any atom is 0.119 e. The monoisotopic (exact) mass is 283 g/mol. The van der Waals surface area contributed by atoms with Crippen molar-refractivity contribution in [1.82, 2.24) is 4.90 Å². The first-order chi connectivity index (χ1) is 9.15. The molecule has 1 N–H and O–H groups in total. The third kappa shape index (κ3) is 4.68. The summed E-state index contributed by atoms with van der Waals surface area (Å²) in [5, 5.41) is 10.4. The zero-order chi connectivity index (χ0) is 13.7. The number of likely N-dealkylation sites (tertiary alicyclic amines) is 1. The fraction of sp³-hybridized carbons (Fsp3) is 0.600. The molecule has 1 saturated heterocycles. The second-order valence-electron chi connectivity index (χ2n) is 5.29. The highest BCUT2D eigenvalue weighted by Crippen LogP contribution is 2.17. The number of nitrogens with zero attached hydrogens (tertiary/aromatic N) is 1. The molecule has 2 unspecified atom stereocenters. The molecule has 106 valence electrons. The van der Waals surface area contributed by atoms with E-state index in [0.717, 1.165) is 49.9 Å². The van der Waals surface area contributed by atoms with Gasteiger partial charge in [-0.15, -0.1) is 0 Å². The van der Waals surface area contributed by atoms with Crippen LogP contribution in [0.5, 0.6) is 5.75 Å². The van der Waals surface area contributed by atoms with Gasteiger partial charge < -0.3 is 14.7 Å². The number of hydrogen-bond acceptors (Lipinski definition) is 3. The summed E-state index contributed by atoms with van der Waals surface area (Å²) < 4.78 is 5.67. The van der Waals surface area contributed by atoms with Crippen LogP contribution in [0.25, 0.3) is 0 Å². The molecule has 0 aromatic heterocycles. The molecule has 19 heavy (non-hydrogen) atoms. The van der Waals surface area contributed by atoms with Crippen LogP contribution in [0.4, 0.5) is 0 Å². The first kappa shape index (κ1) is 14.6. The standard InChI is InChI=1S/C15H22ClNO2/c1-12-11-17(9-7-15(12)18)8-2-10-19-14-5-3-13(16)4-6-14/h3-6,12,15,18H,2,7-11H2,1H3. The summed E-state index contributed by atoms with van der Waals surface area (Å²) in [6, 6.07) is 7.46. The number of rotatable bonds is 5. The van der Waals surface area contributed by atoms with E-state index in [1.54, 1.807) is 0 Å². The highest BCUT2D eigenvalue weighted by molar-refractivity contribution is 6.30. The number of hydrogen-bond donors (Lipinski definition) is 1. The quantitative estimate of drug-likeness (QED) is 0.844. The molecule has 0 aliphatic carbocycles. The van der Waals surface area contributed by atoms with Gasteiger partial charge in [-0.25, -0.2) is 0 Å². The highest BCUT2D eigenvalue weighted by Gasteiger charge is 2.23. The maximum atomic E-state index is 9.68. The lowest BCUT2D eigenvalue weighted by atomic mass is 9.97. The molecule has 1 heterocycles. The van der Waals surface area contributed by atoms with Gasteiger partial charge in [0.25, 0.3) is 0 Å². The van der Waals surface area contributed by atoms with E-state index in [4.69, 9.17) is 16.3 Å². The average molecular weight is 284 g/mol. The van der Waals surface area contributed by atoms with Crippen molar-refractivity contribution < 1.29 is 9.84 Å². The van der Waals surface area contributed by atoms with Crippen molar-refractivity contribution in [1.29, 1.82) is 0 Å². The van der Waals surface area contributed by atoms with E-state index in [1.165, 1.54) is 0 Å². The molecule has 1 aromatic carbocycles. The minimum Gasteiger partial charge on any atom is -0.494 e. The molecule has 0 amide bonds. The highest BCUT2D eigenvalue weighted by atomic mass is 35.5. The molecule has 3 nitrogen and oxygen atoms in total. The van der Waals surface area contributed by atoms with Crippen LogP contribution in [0.3, 0.4) is 0 Å². The van der Waals surface area contributed by atoms with Gasteiger partial charge in [0, 0.05) is 24.7 Å². The summed E-state index contributed by atoms with van der Waals surface area (Å²) in [6.07, 6.45) is 1.77. The molecular formula is C15H22ClNO2. The van der Waals surface area contributed by atoms with Gasteiger partial charge in [-0.3, -0.25) is 0 Å². The topological polar surface area (TPSA) is 32.7 Å². The van der Waals surface area contributed by atoms with Crippen molar-refractivity contribution in [2.24, 2.45) is 5.92 Å². The van der Waals surface area contributed by atoms with Gasteiger partial charge in [0.05, 0.1) is 12.7 Å². The maximum absolute atomic E-state index is 9.68. The lowest BCUT2D eigenvalue weighted by Gasteiger charge is -2.34. The Morgan fingerprint density at radius 2 is 2.11 bits per heavy atom. The van der Waals surface area contributed by atoms with E-state index in [2.05, 4.69) is 11.8 Å². The predicted molar refractivity (Wildman–Crippen MR) is 77.8 cm³/mol. The third-order valence-electron chi connectivity index (χ3n) is 3.65. The first-order valence-corrected chi connectivity index (χ1v) is 7.32. The van der Waals surface area contributed by atoms with Gasteiger partial charge in [-0.1, -0.05) is 18.5 Å². The number of benzene rings is 1. The molecule has 2 atom stereocenters. The third-order valence-corrected chi connectivity index (χ3v) is 3.90. The molecule has 1 aromatic rings. The number of aliphatic hydroxyl groups is 1. The van der Waals surface area contributed by atoms with Crippen molar-refractivity contribution in [3.63, 3.8) is 0 Å². The van der Waals surface area contributed by atoms with Gasteiger partial charge in [0.15, 0.2) is 0 Å². The smallest absolute Gasteiger partial charge is 0.119 e. The second kappa shape index (κ2) is 7.13. The molecule has 0 radical (unpaired) electrons. The Morgan fingerprint density at radius 1 is 1.37 bits per heavy atom. The fourth-order valence-electron chi connectivity index (χ4n) is 2.43. The fourth-order valence-corrected chi connectivity index (χ4v) is 2.56. The summed E-state index contributed by atoms with van der Waals surface area (Å²) in [6.45, 7) is 5.84. The van der Waals surface area contributed by atoms with E-state index in [9.17, 15) is 5.11 Å². The first-order valence-electron chi connectivity index (χ1n) is 6.94. The Labute approximate surface area is 120 Å². The van der Waals surface area contributed by atoms with Gasteiger partial charge in [-0.2, -0.15) is 0 Å². The molecule has 1 aliphatic rings. The molecule has 1 aliphatic heterocycles. The van der Waals surface area contributed by atoms with Crippen molar-refractivity contribution in [2.75, 3.05) is 26.2 Å². The van der Waals surface area contributed by atoms with E-state index >= 15 is 0 Å². The molecule has 1 fully saturated rings. The van der Waals surface area contributed by atoms with Gasteiger partial charge in [0.1, 0.15) is 5.75 Å². The van der Waals surface area contributed by atoms with Crippen LogP contribution < -0.4 is 4.74 Å². The number of halogens is 1. The molecule has 0 bridgehead atoms. The van der Waals surface area contributed by atoms with Crippen molar-refractivity contribution >= 4 is 11.6 Å². The van der Waals surface area contributed by atoms with Crippen LogP contribution in [0, 0.1) is 5.92 Å². The van der Waals surface area contributed by atoms with Gasteiger partial charge in [-0.05, 0) is 43.0 Å². The summed E-state index contributed by atoms with van der Waals surface area (Å²) in [5.74, 6) is 1.25. The van der Waals surface area contributed by atoms with E-state index < -0.39 is 0 Å². The summed E-state index contributed by atoms with van der Waals surface area (Å²) in [7, 11) is 0. The predicted octanol–water partition coefficient (Wildman–Crippen LogP) is 2.81. The largest absolute Gasteiger partial charge is 0.494 e. The summed E-state index contributed by atoms with van der Waals surface area (Å²) in [5.41, 5.74) is 0. The molecule has 2 rings (SSSR count). The lowest BCUT2D eigenvalue weighted by molar-refractivity contribution is 0.0334. The van der Waals surface area contributed by atoms with Crippen LogP contribution in [-0.4, -0.2) is 42.4 Å². The number of aliphatic hydroxyl groups excluding tert-OH is 1. The molecule has 0 spiro atoms. The zero-order valence-corrected chi connectivity index (χ0v) is 12.1. The van der Waals surface area contributed by atoms with Crippen LogP contribution in [-0.2, 0) is 0 Å². The Bertz CT molecular complexity index is 382. The zero-order valence-electron chi connectivity index (χ0n) is 11.4. The minimum absolute atomic E-state index is 0.124. The molecule has 0 saturated carbocycles. The van der Waals surface area contributed by atoms with Crippen molar-refractivity contribution in [2.45, 2.75) is 25.9 Å². The van der Waals surface area contributed by atoms with E-state index in [-0.39, 0.29) is 6.10 Å². The Kier molecular flexibility index (Phi) is 5.49. The van der Waals surface area contributed by atoms with Crippen LogP contribution in [0.1, 0.15) is 19.8 Å². The van der Waals surface area contributed by atoms with Crippen molar-refractivity contribution in [3.8, 4) is 5.75 Å². The Morgan fingerprint density at radius 3 is 2.79 bits per heavy atom. The number of piperidine rings is 1. The minimum atomic E-state index is -0.124. The normalized spacial score (nSPS) is 24.4. The van der Waals surface area contributed by atoms with Crippen molar-refractivity contribution in [3.05, 3.63) is 29.3 Å². The molecular weight excluding hydrogens is 262 g/mol. The lowest BCUT2D eigenvalue weighted by Crippen LogP contribution is -2.42. The van der Waals surface area contributed by atoms with Gasteiger partial charge in [0.2, 0.25) is 0 Å². The van der Waals surface area contributed by atoms with Crippen LogP contribution in [0.15, 0.2) is 24.3 Å². The summed E-state index contributed by atoms with van der Waals surface area (Å²) in [4.78, 5) is 2.41. The Balaban J connectivity index is 1.63. The second-order valence-corrected chi connectivity index (χ2v) is 5.73.